The summed E-state index contributed by atoms with van der Waals surface area (Å²) in [6.45, 7) is 4.14. The lowest BCUT2D eigenvalue weighted by molar-refractivity contribution is 0.102. The lowest BCUT2D eigenvalue weighted by Gasteiger charge is -2.09. The van der Waals surface area contributed by atoms with E-state index < -0.39 is 5.76 Å². The van der Waals surface area contributed by atoms with E-state index in [4.69, 9.17) is 4.42 Å². The fourth-order valence-electron chi connectivity index (χ4n) is 3.27. The topological polar surface area (TPSA) is 64.2 Å². The molecular weight excluding hydrogens is 371 g/mol. The number of fused-ring (bicyclic) bond motifs is 1. The van der Waals surface area contributed by atoms with Gasteiger partial charge in [0.05, 0.1) is 12.1 Å². The van der Waals surface area contributed by atoms with Crippen molar-refractivity contribution in [1.82, 2.24) is 4.57 Å². The number of amides is 1. The van der Waals surface area contributed by atoms with Gasteiger partial charge in [0.2, 0.25) is 0 Å². The highest BCUT2D eigenvalue weighted by atomic mass is 19.1. The molecule has 0 aliphatic heterocycles. The summed E-state index contributed by atoms with van der Waals surface area (Å²) >= 11 is 0. The van der Waals surface area contributed by atoms with Crippen LogP contribution in [0.5, 0.6) is 0 Å². The Balaban J connectivity index is 1.66. The van der Waals surface area contributed by atoms with Crippen molar-refractivity contribution in [3.63, 3.8) is 0 Å². The Morgan fingerprint density at radius 2 is 1.79 bits per heavy atom. The van der Waals surface area contributed by atoms with Crippen LogP contribution in [0.3, 0.4) is 0 Å². The van der Waals surface area contributed by atoms with Gasteiger partial charge in [0.15, 0.2) is 5.58 Å². The molecule has 1 heterocycles. The van der Waals surface area contributed by atoms with Crippen molar-refractivity contribution < 1.29 is 13.6 Å². The molecule has 1 amide bonds. The second kappa shape index (κ2) is 7.39. The van der Waals surface area contributed by atoms with Crippen molar-refractivity contribution in [2.45, 2.75) is 20.4 Å². The maximum atomic E-state index is 13.1. The zero-order valence-electron chi connectivity index (χ0n) is 16.0. The van der Waals surface area contributed by atoms with Gasteiger partial charge in [-0.2, -0.15) is 0 Å². The summed E-state index contributed by atoms with van der Waals surface area (Å²) in [4.78, 5) is 25.0. The minimum absolute atomic E-state index is 0.217. The van der Waals surface area contributed by atoms with Gasteiger partial charge in [-0.05, 0) is 61.4 Å². The van der Waals surface area contributed by atoms with Crippen LogP contribution in [0.25, 0.3) is 11.1 Å². The number of anilines is 1. The Bertz CT molecular complexity index is 1270. The zero-order valence-corrected chi connectivity index (χ0v) is 16.0. The summed E-state index contributed by atoms with van der Waals surface area (Å²) in [6.07, 6.45) is 0. The smallest absolute Gasteiger partial charge is 0.408 e. The van der Waals surface area contributed by atoms with Gasteiger partial charge in [0.1, 0.15) is 5.82 Å². The first-order valence-corrected chi connectivity index (χ1v) is 9.17. The number of nitrogens with zero attached hydrogens (tertiary/aromatic N) is 1. The molecule has 0 radical (unpaired) electrons. The number of oxazole rings is 1. The minimum atomic E-state index is -0.531. The van der Waals surface area contributed by atoms with Gasteiger partial charge in [-0.1, -0.05) is 29.8 Å². The molecule has 0 unspecified atom stereocenters. The van der Waals surface area contributed by atoms with E-state index in [9.17, 15) is 14.0 Å². The van der Waals surface area contributed by atoms with Gasteiger partial charge >= 0.3 is 5.76 Å². The van der Waals surface area contributed by atoms with Crippen LogP contribution in [-0.2, 0) is 6.54 Å². The minimum Gasteiger partial charge on any atom is -0.408 e. The Hall–Kier alpha value is -3.67. The summed E-state index contributed by atoms with van der Waals surface area (Å²) in [5.74, 6) is -1.15. The molecule has 4 aromatic rings. The third-order valence-electron chi connectivity index (χ3n) is 4.81. The number of rotatable bonds is 4. The highest BCUT2D eigenvalue weighted by Gasteiger charge is 2.14. The fraction of sp³-hybridized carbons (Fsp3) is 0.130. The Morgan fingerprint density at radius 3 is 2.52 bits per heavy atom. The van der Waals surface area contributed by atoms with Crippen LogP contribution < -0.4 is 11.1 Å². The lowest BCUT2D eigenvalue weighted by Crippen LogP contribution is -2.16. The second-order valence-corrected chi connectivity index (χ2v) is 7.04. The highest BCUT2D eigenvalue weighted by Crippen LogP contribution is 2.20. The van der Waals surface area contributed by atoms with Crippen molar-refractivity contribution in [2.75, 3.05) is 5.32 Å². The number of carbonyl (C=O) groups excluding carboxylic acids is 1. The number of benzene rings is 3. The number of nitrogens with one attached hydrogen (secondary N) is 1. The maximum absolute atomic E-state index is 13.1. The Kier molecular flexibility index (Phi) is 4.76. The van der Waals surface area contributed by atoms with Gasteiger partial charge < -0.3 is 9.73 Å². The summed E-state index contributed by atoms with van der Waals surface area (Å²) in [5.41, 5.74) is 4.87. The van der Waals surface area contributed by atoms with E-state index in [2.05, 4.69) is 5.32 Å². The molecule has 1 N–H and O–H groups in total. The van der Waals surface area contributed by atoms with Crippen molar-refractivity contribution in [3.8, 4) is 0 Å². The largest absolute Gasteiger partial charge is 0.420 e. The average molecular weight is 390 g/mol. The Labute approximate surface area is 166 Å². The first-order chi connectivity index (χ1) is 13.9. The van der Waals surface area contributed by atoms with Gasteiger partial charge in [-0.15, -0.1) is 0 Å². The third-order valence-corrected chi connectivity index (χ3v) is 4.81. The number of aromatic nitrogens is 1. The number of aryl methyl sites for hydroxylation is 2. The molecule has 0 spiro atoms. The maximum Gasteiger partial charge on any atom is 0.420 e. The van der Waals surface area contributed by atoms with E-state index >= 15 is 0 Å². The molecular formula is C23H19FN2O3. The molecule has 5 nitrogen and oxygen atoms in total. The van der Waals surface area contributed by atoms with Crippen LogP contribution in [0, 0.1) is 19.7 Å². The zero-order chi connectivity index (χ0) is 20.5. The number of hydrogen-bond donors (Lipinski definition) is 1. The Morgan fingerprint density at radius 1 is 1.03 bits per heavy atom. The van der Waals surface area contributed by atoms with E-state index in [0.717, 1.165) is 22.4 Å². The SMILES string of the molecule is Cc1ccc(NC(=O)c2ccc3oc(=O)n(Cc4ccc(F)cc4)c3c2)c(C)c1. The molecule has 0 aliphatic carbocycles. The third kappa shape index (κ3) is 3.82. The predicted molar refractivity (Wildman–Crippen MR) is 110 cm³/mol. The molecule has 3 aromatic carbocycles. The van der Waals surface area contributed by atoms with Crippen molar-refractivity contribution in [1.29, 1.82) is 0 Å². The average Bonchev–Trinajstić information content (AvgIpc) is 3.00. The van der Waals surface area contributed by atoms with Crippen molar-refractivity contribution in [2.24, 2.45) is 0 Å². The quantitative estimate of drug-likeness (QED) is 0.552. The van der Waals surface area contributed by atoms with Crippen molar-refractivity contribution >= 4 is 22.7 Å². The molecule has 0 bridgehead atoms. The summed E-state index contributed by atoms with van der Waals surface area (Å²) in [7, 11) is 0. The molecule has 0 aliphatic rings. The van der Waals surface area contributed by atoms with Crippen LogP contribution in [0.15, 0.2) is 69.9 Å². The molecule has 0 atom stereocenters. The van der Waals surface area contributed by atoms with Gasteiger partial charge in [-0.3, -0.25) is 9.36 Å². The van der Waals surface area contributed by atoms with Crippen LogP contribution >= 0.6 is 0 Å². The second-order valence-electron chi connectivity index (χ2n) is 7.04. The molecule has 0 saturated carbocycles. The number of halogens is 1. The highest BCUT2D eigenvalue weighted by molar-refractivity contribution is 6.06. The van der Waals surface area contributed by atoms with E-state index in [0.29, 0.717) is 16.7 Å². The molecule has 0 fully saturated rings. The van der Waals surface area contributed by atoms with Crippen LogP contribution in [0.4, 0.5) is 10.1 Å². The monoisotopic (exact) mass is 390 g/mol. The van der Waals surface area contributed by atoms with Crippen LogP contribution in [0.2, 0.25) is 0 Å². The molecule has 4 rings (SSSR count). The molecule has 6 heteroatoms. The van der Waals surface area contributed by atoms with Gasteiger partial charge in [0.25, 0.3) is 5.91 Å². The fourth-order valence-corrected chi connectivity index (χ4v) is 3.27. The first kappa shape index (κ1) is 18.7. The molecule has 0 saturated heterocycles. The van der Waals surface area contributed by atoms with E-state index in [1.807, 2.05) is 32.0 Å². The predicted octanol–water partition coefficient (Wildman–Crippen LogP) is 4.65. The molecule has 146 valence electrons. The van der Waals surface area contributed by atoms with E-state index in [1.165, 1.54) is 16.7 Å². The number of hydrogen-bond acceptors (Lipinski definition) is 3. The van der Waals surface area contributed by atoms with Crippen LogP contribution in [0.1, 0.15) is 27.0 Å². The molecule has 1 aromatic heterocycles. The van der Waals surface area contributed by atoms with E-state index in [1.54, 1.807) is 30.3 Å². The summed E-state index contributed by atoms with van der Waals surface area (Å²) < 4.78 is 19.8. The summed E-state index contributed by atoms with van der Waals surface area (Å²) in [5, 5.41) is 2.90. The first-order valence-electron chi connectivity index (χ1n) is 9.17. The van der Waals surface area contributed by atoms with Crippen molar-refractivity contribution in [3.05, 3.63) is 99.3 Å². The van der Waals surface area contributed by atoms with Crippen LogP contribution in [-0.4, -0.2) is 10.5 Å². The van der Waals surface area contributed by atoms with E-state index in [-0.39, 0.29) is 18.3 Å². The standard InChI is InChI=1S/C23H19FN2O3/c1-14-3-9-19(15(2)11-14)25-22(27)17-6-10-21-20(12-17)26(23(28)29-21)13-16-4-7-18(24)8-5-16/h3-12H,13H2,1-2H3,(H,25,27). The van der Waals surface area contributed by atoms with Gasteiger partial charge in [-0.25, -0.2) is 9.18 Å². The summed E-state index contributed by atoms with van der Waals surface area (Å²) in [6, 6.07) is 16.5. The number of carbonyl (C=O) groups is 1. The normalized spacial score (nSPS) is 11.0. The molecule has 29 heavy (non-hydrogen) atoms. The lowest BCUT2D eigenvalue weighted by atomic mass is 10.1. The van der Waals surface area contributed by atoms with Gasteiger partial charge in [0, 0.05) is 11.3 Å².